The Morgan fingerprint density at radius 3 is 2.34 bits per heavy atom. The molecule has 0 saturated carbocycles. The van der Waals surface area contributed by atoms with E-state index in [1.54, 1.807) is 58.5 Å². The van der Waals surface area contributed by atoms with Gasteiger partial charge in [-0.3, -0.25) is 14.5 Å². The molecule has 0 aliphatic carbocycles. The first-order valence-corrected chi connectivity index (χ1v) is 12.9. The summed E-state index contributed by atoms with van der Waals surface area (Å²) in [5.41, 5.74) is 1.09. The van der Waals surface area contributed by atoms with E-state index in [9.17, 15) is 14.4 Å². The third kappa shape index (κ3) is 5.79. The Labute approximate surface area is 225 Å². The lowest BCUT2D eigenvalue weighted by molar-refractivity contribution is -0.150. The molecule has 38 heavy (non-hydrogen) atoms. The summed E-state index contributed by atoms with van der Waals surface area (Å²) < 4.78 is 17.2. The van der Waals surface area contributed by atoms with Gasteiger partial charge in [0.15, 0.2) is 6.61 Å². The molecular weight excluding hydrogens is 484 g/mol. The number of anilines is 1. The number of hydrogen-bond acceptors (Lipinski definition) is 6. The van der Waals surface area contributed by atoms with Crippen LogP contribution in [0.3, 0.4) is 0 Å². The van der Waals surface area contributed by atoms with Crippen molar-refractivity contribution in [3.8, 4) is 11.5 Å². The van der Waals surface area contributed by atoms with Crippen molar-refractivity contribution in [2.75, 3.05) is 39.3 Å². The molecular formula is C30H40N2O6. The monoisotopic (exact) mass is 524 g/mol. The van der Waals surface area contributed by atoms with Crippen LogP contribution in [-0.2, 0) is 26.2 Å². The van der Waals surface area contributed by atoms with Gasteiger partial charge in [0.25, 0.3) is 11.8 Å². The number of fused-ring (bicyclic) bond motifs is 1. The van der Waals surface area contributed by atoms with E-state index in [1.807, 2.05) is 19.9 Å². The molecule has 1 unspecified atom stereocenters. The van der Waals surface area contributed by atoms with Crippen LogP contribution in [0, 0.1) is 5.92 Å². The number of methoxy groups -OCH3 is 1. The molecule has 206 valence electrons. The SMILES string of the molecule is COc1cc(C(=O)N2c3cccc(OCC(=O)N(C)C)c3CC2(C)C(=O)OCC(C)C)ccc1C(C)(C)C. The smallest absolute Gasteiger partial charge is 0.332 e. The summed E-state index contributed by atoms with van der Waals surface area (Å²) >= 11 is 0. The van der Waals surface area contributed by atoms with Crippen LogP contribution in [0.15, 0.2) is 36.4 Å². The number of likely N-dealkylation sites (N-methyl/N-ethyl adjacent to an activating group) is 1. The van der Waals surface area contributed by atoms with Crippen molar-refractivity contribution >= 4 is 23.5 Å². The fourth-order valence-corrected chi connectivity index (χ4v) is 4.50. The van der Waals surface area contributed by atoms with Crippen LogP contribution in [0.5, 0.6) is 11.5 Å². The van der Waals surface area contributed by atoms with E-state index >= 15 is 0 Å². The highest BCUT2D eigenvalue weighted by molar-refractivity contribution is 6.13. The number of ether oxygens (including phenoxy) is 3. The van der Waals surface area contributed by atoms with E-state index in [0.717, 1.165) is 5.56 Å². The van der Waals surface area contributed by atoms with Gasteiger partial charge in [-0.25, -0.2) is 4.79 Å². The average molecular weight is 525 g/mol. The number of hydrogen-bond donors (Lipinski definition) is 0. The van der Waals surface area contributed by atoms with Crippen molar-refractivity contribution in [3.63, 3.8) is 0 Å². The third-order valence-corrected chi connectivity index (χ3v) is 6.66. The first-order valence-electron chi connectivity index (χ1n) is 12.9. The number of rotatable bonds is 8. The molecule has 1 aliphatic rings. The maximum atomic E-state index is 14.1. The quantitative estimate of drug-likeness (QED) is 0.469. The minimum atomic E-state index is -1.31. The van der Waals surface area contributed by atoms with Gasteiger partial charge in [-0.05, 0) is 48.1 Å². The second kappa shape index (κ2) is 11.1. The van der Waals surface area contributed by atoms with Gasteiger partial charge < -0.3 is 19.1 Å². The Hall–Kier alpha value is -3.55. The Morgan fingerprint density at radius 2 is 1.76 bits per heavy atom. The molecule has 3 rings (SSSR count). The van der Waals surface area contributed by atoms with Gasteiger partial charge in [0, 0.05) is 31.6 Å². The summed E-state index contributed by atoms with van der Waals surface area (Å²) in [6, 6.07) is 10.7. The Kier molecular flexibility index (Phi) is 8.44. The Bertz CT molecular complexity index is 1210. The van der Waals surface area contributed by atoms with Crippen LogP contribution >= 0.6 is 0 Å². The summed E-state index contributed by atoms with van der Waals surface area (Å²) in [4.78, 5) is 42.8. The van der Waals surface area contributed by atoms with Crippen molar-refractivity contribution in [3.05, 3.63) is 53.1 Å². The van der Waals surface area contributed by atoms with Crippen molar-refractivity contribution in [2.24, 2.45) is 5.92 Å². The molecule has 0 bridgehead atoms. The maximum Gasteiger partial charge on any atom is 0.332 e. The summed E-state index contributed by atoms with van der Waals surface area (Å²) in [6.45, 7) is 11.9. The van der Waals surface area contributed by atoms with E-state index in [-0.39, 0.29) is 42.8 Å². The molecule has 8 heteroatoms. The van der Waals surface area contributed by atoms with Crippen molar-refractivity contribution in [1.29, 1.82) is 0 Å². The first-order chi connectivity index (χ1) is 17.7. The third-order valence-electron chi connectivity index (χ3n) is 6.66. The lowest BCUT2D eigenvalue weighted by Crippen LogP contribution is -2.54. The van der Waals surface area contributed by atoms with Crippen LogP contribution < -0.4 is 14.4 Å². The standard InChI is InChI=1S/C30H40N2O6/c1-19(2)17-38-28(35)30(6)16-21-23(11-10-12-24(21)37-18-26(33)31(7)8)32(30)27(34)20-13-14-22(29(3,4)5)25(15-20)36-9/h10-15,19H,16-18H2,1-9H3. The molecule has 2 amide bonds. The maximum absolute atomic E-state index is 14.1. The molecule has 1 aliphatic heterocycles. The molecule has 2 aromatic carbocycles. The van der Waals surface area contributed by atoms with Gasteiger partial charge in [-0.2, -0.15) is 0 Å². The Morgan fingerprint density at radius 1 is 1.08 bits per heavy atom. The van der Waals surface area contributed by atoms with Crippen LogP contribution in [0.2, 0.25) is 0 Å². The molecule has 0 aromatic heterocycles. The number of carbonyl (C=O) groups is 3. The second-order valence-electron chi connectivity index (χ2n) is 11.6. The van der Waals surface area contributed by atoms with Crippen LogP contribution in [0.1, 0.15) is 63.0 Å². The van der Waals surface area contributed by atoms with E-state index in [2.05, 4.69) is 20.8 Å². The highest BCUT2D eigenvalue weighted by Crippen LogP contribution is 2.45. The molecule has 0 spiro atoms. The lowest BCUT2D eigenvalue weighted by atomic mass is 9.85. The highest BCUT2D eigenvalue weighted by atomic mass is 16.5. The predicted molar refractivity (Wildman–Crippen MR) is 147 cm³/mol. The zero-order valence-electron chi connectivity index (χ0n) is 24.0. The van der Waals surface area contributed by atoms with Gasteiger partial charge in [0.1, 0.15) is 17.0 Å². The molecule has 1 heterocycles. The molecule has 0 radical (unpaired) electrons. The summed E-state index contributed by atoms with van der Waals surface area (Å²) in [6.07, 6.45) is 0.189. The average Bonchev–Trinajstić information content (AvgIpc) is 3.17. The molecule has 8 nitrogen and oxygen atoms in total. The first kappa shape index (κ1) is 29.0. The van der Waals surface area contributed by atoms with Gasteiger partial charge in [0.05, 0.1) is 19.4 Å². The van der Waals surface area contributed by atoms with E-state index < -0.39 is 11.5 Å². The normalized spacial score (nSPS) is 16.7. The van der Waals surface area contributed by atoms with Gasteiger partial charge >= 0.3 is 5.97 Å². The minimum Gasteiger partial charge on any atom is -0.496 e. The Balaban J connectivity index is 2.09. The van der Waals surface area contributed by atoms with Gasteiger partial charge in [-0.15, -0.1) is 0 Å². The zero-order valence-corrected chi connectivity index (χ0v) is 24.0. The summed E-state index contributed by atoms with van der Waals surface area (Å²) in [5.74, 6) is 0.152. The molecule has 1 atom stereocenters. The number of benzene rings is 2. The highest BCUT2D eigenvalue weighted by Gasteiger charge is 2.51. The van der Waals surface area contributed by atoms with Crippen LogP contribution in [0.4, 0.5) is 5.69 Å². The summed E-state index contributed by atoms with van der Waals surface area (Å²) in [5, 5.41) is 0. The number of carbonyl (C=O) groups excluding carboxylic acids is 3. The van der Waals surface area contributed by atoms with Crippen molar-refractivity contribution in [1.82, 2.24) is 4.90 Å². The van der Waals surface area contributed by atoms with Crippen LogP contribution in [-0.4, -0.2) is 62.6 Å². The van der Waals surface area contributed by atoms with E-state index in [0.29, 0.717) is 28.3 Å². The molecule has 0 N–H and O–H groups in total. The predicted octanol–water partition coefficient (Wildman–Crippen LogP) is 4.62. The fraction of sp³-hybridized carbons (Fsp3) is 0.500. The van der Waals surface area contributed by atoms with Crippen molar-refractivity contribution < 1.29 is 28.6 Å². The zero-order chi connectivity index (χ0) is 28.4. The molecule has 0 saturated heterocycles. The topological polar surface area (TPSA) is 85.4 Å². The minimum absolute atomic E-state index is 0.139. The van der Waals surface area contributed by atoms with Gasteiger partial charge in [-0.1, -0.05) is 46.8 Å². The second-order valence-corrected chi connectivity index (χ2v) is 11.6. The largest absolute Gasteiger partial charge is 0.496 e. The van der Waals surface area contributed by atoms with Gasteiger partial charge in [0.2, 0.25) is 0 Å². The molecule has 2 aromatic rings. The summed E-state index contributed by atoms with van der Waals surface area (Å²) in [7, 11) is 4.89. The number of esters is 1. The number of amides is 2. The van der Waals surface area contributed by atoms with E-state index in [1.165, 1.54) is 9.80 Å². The molecule has 0 fully saturated rings. The van der Waals surface area contributed by atoms with Crippen LogP contribution in [0.25, 0.3) is 0 Å². The lowest BCUT2D eigenvalue weighted by Gasteiger charge is -2.34. The number of nitrogens with zero attached hydrogens (tertiary/aromatic N) is 2. The van der Waals surface area contributed by atoms with Crippen molar-refractivity contribution in [2.45, 2.75) is 58.9 Å². The van der Waals surface area contributed by atoms with E-state index in [4.69, 9.17) is 14.2 Å². The fourth-order valence-electron chi connectivity index (χ4n) is 4.50.